The SMILES string of the molecule is C=CCC(NC(=O)c1cc2sccc2s1)C(=O)O. The third kappa shape index (κ3) is 2.60. The first-order valence-corrected chi connectivity index (χ1v) is 6.93. The molecule has 2 aromatic heterocycles. The number of carboxylic acids is 1. The Labute approximate surface area is 112 Å². The maximum atomic E-state index is 11.9. The fraction of sp³-hybridized carbons (Fsp3) is 0.167. The third-order valence-electron chi connectivity index (χ3n) is 2.37. The molecule has 2 rings (SSSR count). The van der Waals surface area contributed by atoms with E-state index in [-0.39, 0.29) is 12.3 Å². The van der Waals surface area contributed by atoms with Crippen molar-refractivity contribution in [1.82, 2.24) is 5.32 Å². The number of carbonyl (C=O) groups excluding carboxylic acids is 1. The lowest BCUT2D eigenvalue weighted by Gasteiger charge is -2.11. The zero-order valence-corrected chi connectivity index (χ0v) is 11.0. The third-order valence-corrected chi connectivity index (χ3v) is 4.46. The van der Waals surface area contributed by atoms with Gasteiger partial charge in [-0.3, -0.25) is 4.79 Å². The van der Waals surface area contributed by atoms with E-state index < -0.39 is 12.0 Å². The van der Waals surface area contributed by atoms with E-state index in [9.17, 15) is 9.59 Å². The van der Waals surface area contributed by atoms with E-state index in [4.69, 9.17) is 5.11 Å². The number of hydrogen-bond acceptors (Lipinski definition) is 4. The number of aliphatic carboxylic acids is 1. The smallest absolute Gasteiger partial charge is 0.326 e. The van der Waals surface area contributed by atoms with E-state index in [0.29, 0.717) is 4.88 Å². The van der Waals surface area contributed by atoms with Gasteiger partial charge in [0.15, 0.2) is 0 Å². The molecule has 0 saturated carbocycles. The van der Waals surface area contributed by atoms with Gasteiger partial charge in [-0.05, 0) is 23.9 Å². The van der Waals surface area contributed by atoms with Crippen molar-refractivity contribution in [2.24, 2.45) is 0 Å². The molecule has 18 heavy (non-hydrogen) atoms. The van der Waals surface area contributed by atoms with Gasteiger partial charge in [-0.25, -0.2) is 4.79 Å². The Morgan fingerprint density at radius 2 is 2.28 bits per heavy atom. The summed E-state index contributed by atoms with van der Waals surface area (Å²) in [5, 5.41) is 13.4. The molecule has 2 aromatic rings. The fourth-order valence-corrected chi connectivity index (χ4v) is 3.51. The molecule has 4 nitrogen and oxygen atoms in total. The van der Waals surface area contributed by atoms with Gasteiger partial charge in [-0.15, -0.1) is 29.3 Å². The minimum atomic E-state index is -1.05. The Balaban J connectivity index is 2.13. The Morgan fingerprint density at radius 1 is 1.50 bits per heavy atom. The predicted octanol–water partition coefficient (Wildman–Crippen LogP) is 2.72. The second-order valence-electron chi connectivity index (χ2n) is 3.65. The van der Waals surface area contributed by atoms with Crippen molar-refractivity contribution in [2.45, 2.75) is 12.5 Å². The summed E-state index contributed by atoms with van der Waals surface area (Å²) in [5.41, 5.74) is 0. The highest BCUT2D eigenvalue weighted by molar-refractivity contribution is 7.27. The molecule has 0 aromatic carbocycles. The molecule has 2 N–H and O–H groups in total. The molecule has 0 aliphatic carbocycles. The maximum Gasteiger partial charge on any atom is 0.326 e. The van der Waals surface area contributed by atoms with Crippen molar-refractivity contribution in [3.05, 3.63) is 35.0 Å². The van der Waals surface area contributed by atoms with Crippen molar-refractivity contribution < 1.29 is 14.7 Å². The number of carboxylic acid groups (broad SMARTS) is 1. The minimum absolute atomic E-state index is 0.209. The van der Waals surface area contributed by atoms with Crippen LogP contribution >= 0.6 is 22.7 Å². The van der Waals surface area contributed by atoms with Crippen LogP contribution in [0.5, 0.6) is 0 Å². The number of nitrogens with one attached hydrogen (secondary N) is 1. The van der Waals surface area contributed by atoms with E-state index >= 15 is 0 Å². The van der Waals surface area contributed by atoms with Gasteiger partial charge in [0.25, 0.3) is 5.91 Å². The second kappa shape index (κ2) is 5.32. The van der Waals surface area contributed by atoms with Crippen LogP contribution in [0.4, 0.5) is 0 Å². The quantitative estimate of drug-likeness (QED) is 0.828. The Kier molecular flexibility index (Phi) is 3.78. The molecule has 0 saturated heterocycles. The molecular formula is C12H11NO3S2. The highest BCUT2D eigenvalue weighted by Crippen LogP contribution is 2.29. The van der Waals surface area contributed by atoms with E-state index in [1.807, 2.05) is 11.4 Å². The van der Waals surface area contributed by atoms with Gasteiger partial charge in [0.2, 0.25) is 0 Å². The van der Waals surface area contributed by atoms with Crippen LogP contribution in [0.25, 0.3) is 9.40 Å². The van der Waals surface area contributed by atoms with Crippen LogP contribution in [-0.4, -0.2) is 23.0 Å². The van der Waals surface area contributed by atoms with Crippen LogP contribution < -0.4 is 5.32 Å². The molecular weight excluding hydrogens is 270 g/mol. The van der Waals surface area contributed by atoms with Crippen LogP contribution in [0.15, 0.2) is 30.2 Å². The van der Waals surface area contributed by atoms with Gasteiger partial charge >= 0.3 is 5.97 Å². The predicted molar refractivity (Wildman–Crippen MR) is 73.4 cm³/mol. The summed E-state index contributed by atoms with van der Waals surface area (Å²) in [4.78, 5) is 23.4. The van der Waals surface area contributed by atoms with Gasteiger partial charge in [0, 0.05) is 9.40 Å². The lowest BCUT2D eigenvalue weighted by molar-refractivity contribution is -0.139. The maximum absolute atomic E-state index is 11.9. The average molecular weight is 281 g/mol. The van der Waals surface area contributed by atoms with Crippen LogP contribution in [-0.2, 0) is 4.79 Å². The van der Waals surface area contributed by atoms with Gasteiger partial charge in [0.1, 0.15) is 6.04 Å². The summed E-state index contributed by atoms with van der Waals surface area (Å²) >= 11 is 2.92. The normalized spacial score (nSPS) is 12.2. The first-order chi connectivity index (χ1) is 8.61. The molecule has 0 radical (unpaired) electrons. The van der Waals surface area contributed by atoms with E-state index in [1.165, 1.54) is 17.4 Å². The van der Waals surface area contributed by atoms with Crippen molar-refractivity contribution in [2.75, 3.05) is 0 Å². The highest BCUT2D eigenvalue weighted by Gasteiger charge is 2.20. The molecule has 0 fully saturated rings. The summed E-state index contributed by atoms with van der Waals surface area (Å²) in [7, 11) is 0. The summed E-state index contributed by atoms with van der Waals surface area (Å²) in [6.45, 7) is 3.48. The Bertz CT molecular complexity index is 571. The van der Waals surface area contributed by atoms with Crippen LogP contribution in [0.3, 0.4) is 0 Å². The van der Waals surface area contributed by atoms with Crippen LogP contribution in [0.2, 0.25) is 0 Å². The minimum Gasteiger partial charge on any atom is -0.480 e. The van der Waals surface area contributed by atoms with E-state index in [0.717, 1.165) is 9.40 Å². The Hall–Kier alpha value is -1.66. The van der Waals surface area contributed by atoms with E-state index in [2.05, 4.69) is 11.9 Å². The summed E-state index contributed by atoms with van der Waals surface area (Å²) < 4.78 is 2.08. The fourth-order valence-electron chi connectivity index (χ4n) is 1.50. The number of thiophene rings is 2. The number of fused-ring (bicyclic) bond motifs is 1. The first-order valence-electron chi connectivity index (χ1n) is 5.23. The van der Waals surface area contributed by atoms with Gasteiger partial charge in [0.05, 0.1) is 4.88 Å². The van der Waals surface area contributed by atoms with E-state index in [1.54, 1.807) is 17.4 Å². The van der Waals surface area contributed by atoms with Crippen molar-refractivity contribution in [3.63, 3.8) is 0 Å². The lowest BCUT2D eigenvalue weighted by Crippen LogP contribution is -2.40. The highest BCUT2D eigenvalue weighted by atomic mass is 32.1. The molecule has 1 unspecified atom stereocenters. The lowest BCUT2D eigenvalue weighted by atomic mass is 10.2. The summed E-state index contributed by atoms with van der Waals surface area (Å²) in [5.74, 6) is -1.40. The zero-order chi connectivity index (χ0) is 13.1. The number of amides is 1. The molecule has 6 heteroatoms. The standard InChI is InChI=1S/C12H11NO3S2/c1-2-3-7(12(15)16)13-11(14)10-6-9-8(18-10)4-5-17-9/h2,4-7H,1,3H2,(H,13,14)(H,15,16). The molecule has 1 amide bonds. The monoisotopic (exact) mass is 281 g/mol. The molecule has 1 atom stereocenters. The molecule has 94 valence electrons. The summed E-state index contributed by atoms with van der Waals surface area (Å²) in [6.07, 6.45) is 1.69. The van der Waals surface area contributed by atoms with Crippen LogP contribution in [0.1, 0.15) is 16.1 Å². The van der Waals surface area contributed by atoms with Gasteiger partial charge in [-0.2, -0.15) is 0 Å². The van der Waals surface area contributed by atoms with Gasteiger partial charge < -0.3 is 10.4 Å². The zero-order valence-electron chi connectivity index (χ0n) is 9.38. The topological polar surface area (TPSA) is 66.4 Å². The molecule has 0 bridgehead atoms. The van der Waals surface area contributed by atoms with Crippen molar-refractivity contribution >= 4 is 43.9 Å². The number of hydrogen-bond donors (Lipinski definition) is 2. The first kappa shape index (κ1) is 12.8. The molecule has 0 aliphatic rings. The van der Waals surface area contributed by atoms with Crippen LogP contribution in [0, 0.1) is 0 Å². The number of rotatable bonds is 5. The van der Waals surface area contributed by atoms with Crippen molar-refractivity contribution in [3.8, 4) is 0 Å². The van der Waals surface area contributed by atoms with Gasteiger partial charge in [-0.1, -0.05) is 6.08 Å². The van der Waals surface area contributed by atoms with Crippen molar-refractivity contribution in [1.29, 1.82) is 0 Å². The average Bonchev–Trinajstić information content (AvgIpc) is 2.87. The second-order valence-corrected chi connectivity index (χ2v) is 5.68. The number of carbonyl (C=O) groups is 2. The largest absolute Gasteiger partial charge is 0.480 e. The Morgan fingerprint density at radius 3 is 2.89 bits per heavy atom. The summed E-state index contributed by atoms with van der Waals surface area (Å²) in [6, 6.07) is 2.81. The molecule has 2 heterocycles. The molecule has 0 aliphatic heterocycles. The molecule has 0 spiro atoms.